The predicted octanol–water partition coefficient (Wildman–Crippen LogP) is 4.93. The number of hydrogen-bond donors (Lipinski definition) is 1. The normalized spacial score (nSPS) is 33.3. The Kier molecular flexibility index (Phi) is 5.01. The van der Waals surface area contributed by atoms with Gasteiger partial charge in [0.1, 0.15) is 12.1 Å². The highest BCUT2D eigenvalue weighted by atomic mass is 19.4. The van der Waals surface area contributed by atoms with Crippen LogP contribution in [0, 0.1) is 17.3 Å². The van der Waals surface area contributed by atoms with E-state index in [0.29, 0.717) is 29.6 Å². The average Bonchev–Trinajstić information content (AvgIpc) is 3.26. The summed E-state index contributed by atoms with van der Waals surface area (Å²) in [5.41, 5.74) is 7.68. The van der Waals surface area contributed by atoms with Gasteiger partial charge in [0.05, 0.1) is 11.7 Å². The summed E-state index contributed by atoms with van der Waals surface area (Å²) in [5, 5.41) is 0. The van der Waals surface area contributed by atoms with Gasteiger partial charge in [-0.25, -0.2) is 4.99 Å². The Morgan fingerprint density at radius 3 is 2.42 bits per heavy atom. The van der Waals surface area contributed by atoms with E-state index in [1.54, 1.807) is 7.11 Å². The van der Waals surface area contributed by atoms with E-state index < -0.39 is 17.3 Å². The Morgan fingerprint density at radius 2 is 1.82 bits per heavy atom. The van der Waals surface area contributed by atoms with E-state index in [2.05, 4.69) is 18.8 Å². The van der Waals surface area contributed by atoms with E-state index in [0.717, 1.165) is 42.7 Å². The second-order valence-corrected chi connectivity index (χ2v) is 9.95. The molecule has 1 aromatic carbocycles. The van der Waals surface area contributed by atoms with Crippen LogP contribution in [0.25, 0.3) is 11.1 Å². The van der Waals surface area contributed by atoms with Crippen LogP contribution in [0.1, 0.15) is 43.4 Å². The van der Waals surface area contributed by atoms with E-state index in [4.69, 9.17) is 20.2 Å². The lowest BCUT2D eigenvalue weighted by Crippen LogP contribution is -2.51. The molecular formula is C25H28F3N3O2. The largest absolute Gasteiger partial charge is 0.462 e. The van der Waals surface area contributed by atoms with Crippen LogP contribution in [-0.2, 0) is 27.6 Å². The molecule has 1 aromatic heterocycles. The molecule has 0 radical (unpaired) electrons. The zero-order valence-corrected chi connectivity index (χ0v) is 18.9. The number of alkyl halides is 3. The van der Waals surface area contributed by atoms with Gasteiger partial charge in [-0.2, -0.15) is 13.2 Å². The van der Waals surface area contributed by atoms with Crippen molar-refractivity contribution in [3.8, 4) is 11.1 Å². The van der Waals surface area contributed by atoms with Gasteiger partial charge >= 0.3 is 6.18 Å². The standard InChI is InChI=1S/C25H28F3N3O2/c1-14-8-23(9-15(2)21(14)32-3)10-17-5-4-16(7-20(17)24(23)13-33-22(29)31-24)18-6-19(12-30-11-18)25(26,27)28/h4-7,11-12,14-15,21H,8-10,13H2,1-3H3,(H2,29,31)/t14-,15+,21?,23?,24-/m0/s1. The van der Waals surface area contributed by atoms with Gasteiger partial charge in [0.25, 0.3) is 6.02 Å². The highest BCUT2D eigenvalue weighted by molar-refractivity contribution is 5.76. The van der Waals surface area contributed by atoms with Crippen molar-refractivity contribution in [1.29, 1.82) is 0 Å². The zero-order chi connectivity index (χ0) is 23.6. The fourth-order valence-corrected chi connectivity index (χ4v) is 6.74. The van der Waals surface area contributed by atoms with Gasteiger partial charge in [-0.15, -0.1) is 0 Å². The number of pyridine rings is 1. The molecule has 5 nitrogen and oxygen atoms in total. The number of benzene rings is 1. The first-order valence-electron chi connectivity index (χ1n) is 11.3. The molecule has 2 spiro atoms. The number of halogens is 3. The topological polar surface area (TPSA) is 69.7 Å². The minimum absolute atomic E-state index is 0.169. The number of nitrogens with zero attached hydrogens (tertiary/aromatic N) is 2. The molecule has 2 heterocycles. The molecule has 0 saturated heterocycles. The SMILES string of the molecule is COC1[C@H](C)CC2(Cc3ccc(-c4cncc(C(F)(F)F)c4)cc3[C@@]23COC(N)=N3)C[C@@H]1C. The van der Waals surface area contributed by atoms with Gasteiger partial charge in [-0.1, -0.05) is 26.0 Å². The Bertz CT molecular complexity index is 1100. The maximum atomic E-state index is 13.3. The summed E-state index contributed by atoms with van der Waals surface area (Å²) < 4.78 is 51.3. The van der Waals surface area contributed by atoms with Crippen LogP contribution in [0.5, 0.6) is 0 Å². The number of ether oxygens (including phenoxy) is 2. The van der Waals surface area contributed by atoms with E-state index in [9.17, 15) is 13.2 Å². The number of methoxy groups -OCH3 is 1. The minimum atomic E-state index is -4.45. The van der Waals surface area contributed by atoms with Crippen LogP contribution >= 0.6 is 0 Å². The van der Waals surface area contributed by atoms with Crippen molar-refractivity contribution < 1.29 is 22.6 Å². The fraction of sp³-hybridized carbons (Fsp3) is 0.520. The summed E-state index contributed by atoms with van der Waals surface area (Å²) in [4.78, 5) is 8.72. The Labute approximate surface area is 191 Å². The van der Waals surface area contributed by atoms with E-state index in [1.165, 1.54) is 6.20 Å². The second kappa shape index (κ2) is 7.45. The van der Waals surface area contributed by atoms with Gasteiger partial charge in [0, 0.05) is 30.5 Å². The van der Waals surface area contributed by atoms with E-state index >= 15 is 0 Å². The van der Waals surface area contributed by atoms with E-state index in [-0.39, 0.29) is 17.5 Å². The number of aliphatic imine (C=N–C) groups is 1. The molecule has 1 aliphatic heterocycles. The minimum Gasteiger partial charge on any atom is -0.462 e. The molecular weight excluding hydrogens is 431 g/mol. The Morgan fingerprint density at radius 1 is 1.09 bits per heavy atom. The zero-order valence-electron chi connectivity index (χ0n) is 18.9. The molecule has 2 N–H and O–H groups in total. The van der Waals surface area contributed by atoms with Gasteiger partial charge < -0.3 is 15.2 Å². The van der Waals surface area contributed by atoms with Crippen molar-refractivity contribution >= 4 is 6.02 Å². The summed E-state index contributed by atoms with van der Waals surface area (Å²) in [6.45, 7) is 4.77. The molecule has 0 amide bonds. The summed E-state index contributed by atoms with van der Waals surface area (Å²) in [6.07, 6.45) is 0.678. The van der Waals surface area contributed by atoms with Gasteiger partial charge in [-0.05, 0) is 59.9 Å². The third kappa shape index (κ3) is 3.33. The molecule has 1 fully saturated rings. The number of aromatic nitrogens is 1. The Balaban J connectivity index is 1.61. The molecule has 176 valence electrons. The van der Waals surface area contributed by atoms with Crippen LogP contribution in [0.15, 0.2) is 41.7 Å². The molecule has 33 heavy (non-hydrogen) atoms. The molecule has 5 atom stereocenters. The maximum absolute atomic E-state index is 13.3. The first-order valence-corrected chi connectivity index (χ1v) is 11.3. The van der Waals surface area contributed by atoms with Gasteiger partial charge in [-0.3, -0.25) is 4.98 Å². The lowest BCUT2D eigenvalue weighted by molar-refractivity contribution is -0.137. The molecule has 2 aromatic rings. The Hall–Kier alpha value is -2.61. The van der Waals surface area contributed by atoms with Crippen LogP contribution in [0.3, 0.4) is 0 Å². The molecule has 5 rings (SSSR count). The summed E-state index contributed by atoms with van der Waals surface area (Å²) in [7, 11) is 1.76. The molecule has 3 aliphatic rings. The summed E-state index contributed by atoms with van der Waals surface area (Å²) >= 11 is 0. The summed E-state index contributed by atoms with van der Waals surface area (Å²) in [6, 6.07) is 7.16. The predicted molar refractivity (Wildman–Crippen MR) is 118 cm³/mol. The monoisotopic (exact) mass is 459 g/mol. The molecule has 1 saturated carbocycles. The number of amidine groups is 1. The highest BCUT2D eigenvalue weighted by Crippen LogP contribution is 2.63. The van der Waals surface area contributed by atoms with Crippen molar-refractivity contribution in [3.63, 3.8) is 0 Å². The average molecular weight is 460 g/mol. The van der Waals surface area contributed by atoms with Gasteiger partial charge in [0.2, 0.25) is 0 Å². The third-order valence-electron chi connectivity index (χ3n) is 7.91. The number of hydrogen-bond acceptors (Lipinski definition) is 5. The number of nitrogens with two attached hydrogens (primary N) is 1. The van der Waals surface area contributed by atoms with E-state index in [1.807, 2.05) is 18.2 Å². The third-order valence-corrected chi connectivity index (χ3v) is 7.91. The number of fused-ring (bicyclic) bond motifs is 3. The van der Waals surface area contributed by atoms with Crippen molar-refractivity contribution in [2.24, 2.45) is 28.0 Å². The fourth-order valence-electron chi connectivity index (χ4n) is 6.74. The van der Waals surface area contributed by atoms with Crippen LogP contribution in [0.2, 0.25) is 0 Å². The lowest BCUT2D eigenvalue weighted by atomic mass is 9.57. The molecule has 0 bridgehead atoms. The molecule has 8 heteroatoms. The first kappa shape index (κ1) is 22.2. The summed E-state index contributed by atoms with van der Waals surface area (Å²) in [5.74, 6) is 0.656. The van der Waals surface area contributed by atoms with Crippen LogP contribution in [-0.4, -0.2) is 30.8 Å². The van der Waals surface area contributed by atoms with Crippen LogP contribution < -0.4 is 5.73 Å². The smallest absolute Gasteiger partial charge is 0.417 e. The lowest BCUT2D eigenvalue weighted by Gasteiger charge is -2.50. The van der Waals surface area contributed by atoms with Gasteiger partial charge in [0.15, 0.2) is 0 Å². The van der Waals surface area contributed by atoms with Crippen molar-refractivity contribution in [2.45, 2.75) is 50.9 Å². The highest BCUT2D eigenvalue weighted by Gasteiger charge is 2.63. The molecule has 2 unspecified atom stereocenters. The maximum Gasteiger partial charge on any atom is 0.417 e. The van der Waals surface area contributed by atoms with Crippen molar-refractivity contribution in [1.82, 2.24) is 4.98 Å². The van der Waals surface area contributed by atoms with Crippen LogP contribution in [0.4, 0.5) is 13.2 Å². The molecule has 2 aliphatic carbocycles. The number of rotatable bonds is 2. The van der Waals surface area contributed by atoms with Crippen molar-refractivity contribution in [3.05, 3.63) is 53.3 Å². The van der Waals surface area contributed by atoms with Crippen molar-refractivity contribution in [2.75, 3.05) is 13.7 Å². The quantitative estimate of drug-likeness (QED) is 0.691. The first-order chi connectivity index (χ1) is 15.6. The second-order valence-electron chi connectivity index (χ2n) is 9.95.